The molecule has 1 aromatic carbocycles. The van der Waals surface area contributed by atoms with Gasteiger partial charge in [0.05, 0.1) is 5.52 Å². The molecule has 2 atom stereocenters. The Morgan fingerprint density at radius 1 is 1.32 bits per heavy atom. The average Bonchev–Trinajstić information content (AvgIpc) is 3.14. The van der Waals surface area contributed by atoms with Gasteiger partial charge >= 0.3 is 0 Å². The lowest BCUT2D eigenvalue weighted by Gasteiger charge is -2.07. The van der Waals surface area contributed by atoms with Crippen molar-refractivity contribution in [1.82, 2.24) is 4.57 Å². The molecule has 132 valence electrons. The molecule has 9 heteroatoms. The van der Waals surface area contributed by atoms with Gasteiger partial charge in [0, 0.05) is 35.9 Å². The van der Waals surface area contributed by atoms with Crippen molar-refractivity contribution in [2.24, 2.45) is 0 Å². The van der Waals surface area contributed by atoms with Crippen molar-refractivity contribution in [3.8, 4) is 5.00 Å². The SMILES string of the molecule is CS(=O)(=O)c1sc(-n2ccc3c(F)cc(F)cc32)c2c1[C@H](O)[C@@H](F)C2. The summed E-state index contributed by atoms with van der Waals surface area (Å²) >= 11 is 0.862. The molecule has 0 aliphatic heterocycles. The number of hydrogen-bond acceptors (Lipinski definition) is 4. The highest BCUT2D eigenvalue weighted by atomic mass is 32.2. The van der Waals surface area contributed by atoms with Crippen LogP contribution in [0.4, 0.5) is 13.2 Å². The third-order valence-electron chi connectivity index (χ3n) is 4.31. The number of aliphatic hydroxyl groups excluding tert-OH is 1. The standard InChI is InChI=1S/C16H12F3NO3S2/c1-25(22,23)16-13-9(6-11(19)14(13)21)15(24-16)20-3-2-8-10(18)4-7(17)5-12(8)20/h2-5,11,14,21H,6H2,1H3/t11-,14+/m0/s1. The van der Waals surface area contributed by atoms with Crippen molar-refractivity contribution < 1.29 is 26.7 Å². The molecule has 1 aliphatic rings. The van der Waals surface area contributed by atoms with Gasteiger partial charge in [-0.15, -0.1) is 11.3 Å². The highest BCUT2D eigenvalue weighted by Gasteiger charge is 2.40. The number of halogens is 3. The van der Waals surface area contributed by atoms with Gasteiger partial charge in [0.1, 0.15) is 33.1 Å². The molecular formula is C16H12F3NO3S2. The number of alkyl halides is 1. The largest absolute Gasteiger partial charge is 0.385 e. The summed E-state index contributed by atoms with van der Waals surface area (Å²) in [6, 6.07) is 3.33. The van der Waals surface area contributed by atoms with Gasteiger partial charge in [0.2, 0.25) is 0 Å². The van der Waals surface area contributed by atoms with Crippen molar-refractivity contribution in [3.05, 3.63) is 47.2 Å². The van der Waals surface area contributed by atoms with E-state index in [-0.39, 0.29) is 27.1 Å². The minimum atomic E-state index is -3.69. The van der Waals surface area contributed by atoms with Gasteiger partial charge in [-0.05, 0) is 17.7 Å². The molecule has 2 heterocycles. The summed E-state index contributed by atoms with van der Waals surface area (Å²) < 4.78 is 67.0. The highest BCUT2D eigenvalue weighted by molar-refractivity contribution is 7.92. The van der Waals surface area contributed by atoms with Crippen molar-refractivity contribution in [3.63, 3.8) is 0 Å². The zero-order valence-electron chi connectivity index (χ0n) is 12.8. The summed E-state index contributed by atoms with van der Waals surface area (Å²) in [5.74, 6) is -1.52. The fourth-order valence-corrected chi connectivity index (χ4v) is 5.83. The molecule has 3 aromatic rings. The van der Waals surface area contributed by atoms with Crippen molar-refractivity contribution in [2.75, 3.05) is 6.26 Å². The number of benzene rings is 1. The third-order valence-corrected chi connectivity index (χ3v) is 7.40. The lowest BCUT2D eigenvalue weighted by atomic mass is 10.2. The number of thiophene rings is 1. The Bertz CT molecular complexity index is 1120. The van der Waals surface area contributed by atoms with Crippen LogP contribution in [0.2, 0.25) is 0 Å². The van der Waals surface area contributed by atoms with Gasteiger partial charge in [0.25, 0.3) is 0 Å². The summed E-state index contributed by atoms with van der Waals surface area (Å²) in [7, 11) is -3.69. The van der Waals surface area contributed by atoms with E-state index in [0.717, 1.165) is 29.7 Å². The number of aromatic nitrogens is 1. The maximum absolute atomic E-state index is 14.0. The molecule has 1 aliphatic carbocycles. The molecule has 0 fully saturated rings. The molecule has 2 aromatic heterocycles. The van der Waals surface area contributed by atoms with Gasteiger partial charge in [-0.1, -0.05) is 0 Å². The molecule has 4 rings (SSSR count). The van der Waals surface area contributed by atoms with Crippen LogP contribution in [0.5, 0.6) is 0 Å². The van der Waals surface area contributed by atoms with Crippen molar-refractivity contribution in [2.45, 2.75) is 22.9 Å². The number of aliphatic hydroxyl groups is 1. The van der Waals surface area contributed by atoms with Crippen molar-refractivity contribution in [1.29, 1.82) is 0 Å². The molecule has 0 bridgehead atoms. The Labute approximate surface area is 145 Å². The normalized spacial score (nSPS) is 20.4. The molecule has 1 N–H and O–H groups in total. The van der Waals surface area contributed by atoms with Crippen LogP contribution in [-0.2, 0) is 16.3 Å². The van der Waals surface area contributed by atoms with E-state index < -0.39 is 33.7 Å². The third kappa shape index (κ3) is 2.41. The number of hydrogen-bond donors (Lipinski definition) is 1. The van der Waals surface area contributed by atoms with Crippen LogP contribution in [0.15, 0.2) is 28.6 Å². The van der Waals surface area contributed by atoms with Crippen LogP contribution in [-0.4, -0.2) is 30.5 Å². The Hall–Kier alpha value is -1.84. The zero-order valence-corrected chi connectivity index (χ0v) is 14.5. The number of sulfone groups is 1. The molecule has 0 saturated heterocycles. The predicted octanol–water partition coefficient (Wildman–Crippen LogP) is 3.30. The number of nitrogens with zero attached hydrogens (tertiary/aromatic N) is 1. The minimum Gasteiger partial charge on any atom is -0.385 e. The molecule has 0 saturated carbocycles. The summed E-state index contributed by atoms with van der Waals surface area (Å²) in [6.07, 6.45) is -0.847. The molecule has 0 unspecified atom stereocenters. The van der Waals surface area contributed by atoms with Crippen LogP contribution in [0.3, 0.4) is 0 Å². The smallest absolute Gasteiger partial charge is 0.185 e. The maximum atomic E-state index is 14.0. The van der Waals surface area contributed by atoms with E-state index in [1.54, 1.807) is 0 Å². The summed E-state index contributed by atoms with van der Waals surface area (Å²) in [5.41, 5.74) is 0.611. The average molecular weight is 387 g/mol. The van der Waals surface area contributed by atoms with Crippen molar-refractivity contribution >= 4 is 32.1 Å². The summed E-state index contributed by atoms with van der Waals surface area (Å²) in [4.78, 5) is 0. The zero-order chi connectivity index (χ0) is 18.1. The first kappa shape index (κ1) is 16.6. The molecule has 0 spiro atoms. The second kappa shape index (κ2) is 5.33. The quantitative estimate of drug-likeness (QED) is 0.734. The lowest BCUT2D eigenvalue weighted by Crippen LogP contribution is -2.09. The fourth-order valence-electron chi connectivity index (χ4n) is 3.24. The van der Waals surface area contributed by atoms with Crippen LogP contribution in [0.1, 0.15) is 17.2 Å². The van der Waals surface area contributed by atoms with Crippen LogP contribution < -0.4 is 0 Å². The van der Waals surface area contributed by atoms with Crippen LogP contribution in [0.25, 0.3) is 15.9 Å². The Balaban J connectivity index is 2.04. The monoisotopic (exact) mass is 387 g/mol. The van der Waals surface area contributed by atoms with E-state index in [0.29, 0.717) is 10.6 Å². The fraction of sp³-hybridized carbons (Fsp3) is 0.250. The number of rotatable bonds is 2. The highest BCUT2D eigenvalue weighted by Crippen LogP contribution is 2.47. The van der Waals surface area contributed by atoms with E-state index in [9.17, 15) is 26.7 Å². The van der Waals surface area contributed by atoms with Gasteiger partial charge in [0.15, 0.2) is 9.84 Å². The van der Waals surface area contributed by atoms with Gasteiger partial charge in [-0.2, -0.15) is 0 Å². The lowest BCUT2D eigenvalue weighted by molar-refractivity contribution is 0.0910. The molecule has 0 radical (unpaired) electrons. The Morgan fingerprint density at radius 2 is 2.04 bits per heavy atom. The molecular weight excluding hydrogens is 375 g/mol. The van der Waals surface area contributed by atoms with E-state index in [1.165, 1.54) is 16.8 Å². The molecule has 25 heavy (non-hydrogen) atoms. The van der Waals surface area contributed by atoms with Gasteiger partial charge < -0.3 is 9.67 Å². The Morgan fingerprint density at radius 3 is 2.72 bits per heavy atom. The van der Waals surface area contributed by atoms with Crippen LogP contribution in [0, 0.1) is 11.6 Å². The predicted molar refractivity (Wildman–Crippen MR) is 87.7 cm³/mol. The first-order valence-electron chi connectivity index (χ1n) is 7.32. The summed E-state index contributed by atoms with van der Waals surface area (Å²) in [5, 5.41) is 10.6. The first-order valence-corrected chi connectivity index (χ1v) is 10.0. The van der Waals surface area contributed by atoms with E-state index >= 15 is 0 Å². The second-order valence-corrected chi connectivity index (χ2v) is 9.24. The van der Waals surface area contributed by atoms with E-state index in [1.807, 2.05) is 0 Å². The first-order chi connectivity index (χ1) is 11.7. The van der Waals surface area contributed by atoms with E-state index in [4.69, 9.17) is 0 Å². The van der Waals surface area contributed by atoms with Gasteiger partial charge in [-0.25, -0.2) is 21.6 Å². The summed E-state index contributed by atoms with van der Waals surface area (Å²) in [6.45, 7) is 0. The second-order valence-electron chi connectivity index (χ2n) is 6.03. The molecule has 0 amide bonds. The van der Waals surface area contributed by atoms with Gasteiger partial charge in [-0.3, -0.25) is 0 Å². The van der Waals surface area contributed by atoms with Crippen LogP contribution >= 0.6 is 11.3 Å². The minimum absolute atomic E-state index is 0.0497. The number of fused-ring (bicyclic) bond motifs is 2. The van der Waals surface area contributed by atoms with E-state index in [2.05, 4.69) is 0 Å². The maximum Gasteiger partial charge on any atom is 0.185 e. The molecule has 4 nitrogen and oxygen atoms in total. The topological polar surface area (TPSA) is 59.3 Å². The Kier molecular flexibility index (Phi) is 3.54.